The van der Waals surface area contributed by atoms with Gasteiger partial charge in [-0.3, -0.25) is 4.79 Å². The summed E-state index contributed by atoms with van der Waals surface area (Å²) in [5.41, 5.74) is 0.181. The smallest absolute Gasteiger partial charge is 0.227 e. The highest BCUT2D eigenvalue weighted by Crippen LogP contribution is 2.26. The minimum Gasteiger partial charge on any atom is -0.323 e. The van der Waals surface area contributed by atoms with Gasteiger partial charge in [-0.1, -0.05) is 12.1 Å². The van der Waals surface area contributed by atoms with E-state index in [9.17, 15) is 17.6 Å². The molecule has 0 unspecified atom stereocenters. The van der Waals surface area contributed by atoms with Gasteiger partial charge in [0.15, 0.2) is 0 Å². The van der Waals surface area contributed by atoms with Gasteiger partial charge in [-0.15, -0.1) is 0 Å². The van der Waals surface area contributed by atoms with Crippen molar-refractivity contribution in [2.75, 3.05) is 5.32 Å². The van der Waals surface area contributed by atoms with Crippen LogP contribution in [-0.2, 0) is 14.8 Å². The Hall–Kier alpha value is -1.47. The van der Waals surface area contributed by atoms with Gasteiger partial charge in [-0.2, -0.15) is 0 Å². The highest BCUT2D eigenvalue weighted by atomic mass is 32.2. The molecule has 1 aromatic carbocycles. The van der Waals surface area contributed by atoms with Crippen LogP contribution in [0.15, 0.2) is 24.3 Å². The summed E-state index contributed by atoms with van der Waals surface area (Å²) in [6, 6.07) is 5.93. The molecule has 0 atom stereocenters. The van der Waals surface area contributed by atoms with Gasteiger partial charge >= 0.3 is 0 Å². The SMILES string of the molecule is CC(C)S(=O)(=O)N[C@H]1CC[C@H](C(=O)Nc2ccccc2F)CC1. The van der Waals surface area contributed by atoms with Crippen LogP contribution < -0.4 is 10.0 Å². The van der Waals surface area contributed by atoms with E-state index in [0.717, 1.165) is 0 Å². The number of nitrogens with one attached hydrogen (secondary N) is 2. The molecular formula is C16H23FN2O3S. The lowest BCUT2D eigenvalue weighted by Gasteiger charge is -2.28. The van der Waals surface area contributed by atoms with Crippen molar-refractivity contribution in [1.29, 1.82) is 0 Å². The molecule has 0 heterocycles. The van der Waals surface area contributed by atoms with E-state index in [4.69, 9.17) is 0 Å². The zero-order chi connectivity index (χ0) is 17.0. The number of halogens is 1. The number of anilines is 1. The quantitative estimate of drug-likeness (QED) is 0.864. The van der Waals surface area contributed by atoms with Crippen LogP contribution in [0.1, 0.15) is 39.5 Å². The summed E-state index contributed by atoms with van der Waals surface area (Å²) < 4.78 is 40.0. The predicted molar refractivity (Wildman–Crippen MR) is 88.0 cm³/mol. The van der Waals surface area contributed by atoms with Crippen LogP contribution in [0.3, 0.4) is 0 Å². The fourth-order valence-electron chi connectivity index (χ4n) is 2.64. The van der Waals surface area contributed by atoms with Gasteiger partial charge in [0.25, 0.3) is 0 Å². The summed E-state index contributed by atoms with van der Waals surface area (Å²) in [4.78, 5) is 12.2. The van der Waals surface area contributed by atoms with E-state index in [0.29, 0.717) is 25.7 Å². The Bertz CT molecular complexity index is 653. The van der Waals surface area contributed by atoms with Gasteiger partial charge in [0.2, 0.25) is 15.9 Å². The number of para-hydroxylation sites is 1. The summed E-state index contributed by atoms with van der Waals surface area (Å²) in [6.07, 6.45) is 2.40. The zero-order valence-corrected chi connectivity index (χ0v) is 14.2. The fourth-order valence-corrected chi connectivity index (χ4v) is 3.61. The molecule has 0 radical (unpaired) electrons. The van der Waals surface area contributed by atoms with Crippen molar-refractivity contribution < 1.29 is 17.6 Å². The maximum Gasteiger partial charge on any atom is 0.227 e. The average molecular weight is 342 g/mol. The maximum atomic E-state index is 13.5. The Morgan fingerprint density at radius 2 is 1.78 bits per heavy atom. The lowest BCUT2D eigenvalue weighted by atomic mass is 9.86. The lowest BCUT2D eigenvalue weighted by Crippen LogP contribution is -2.42. The third kappa shape index (κ3) is 4.75. The van der Waals surface area contributed by atoms with Crippen LogP contribution in [0.5, 0.6) is 0 Å². The largest absolute Gasteiger partial charge is 0.323 e. The monoisotopic (exact) mass is 342 g/mol. The first kappa shape index (κ1) is 17.9. The minimum absolute atomic E-state index is 0.125. The topological polar surface area (TPSA) is 75.3 Å². The molecule has 0 spiro atoms. The molecule has 7 heteroatoms. The van der Waals surface area contributed by atoms with Crippen LogP contribution in [0.25, 0.3) is 0 Å². The molecule has 0 aromatic heterocycles. The van der Waals surface area contributed by atoms with Crippen molar-refractivity contribution in [3.05, 3.63) is 30.1 Å². The molecule has 1 saturated carbocycles. The summed E-state index contributed by atoms with van der Waals surface area (Å²) in [5, 5.41) is 2.14. The Balaban J connectivity index is 1.87. The van der Waals surface area contributed by atoms with Crippen LogP contribution >= 0.6 is 0 Å². The zero-order valence-electron chi connectivity index (χ0n) is 13.4. The van der Waals surface area contributed by atoms with Gasteiger partial charge in [0, 0.05) is 12.0 Å². The van der Waals surface area contributed by atoms with Crippen molar-refractivity contribution in [3.8, 4) is 0 Å². The van der Waals surface area contributed by atoms with E-state index in [-0.39, 0.29) is 23.6 Å². The van der Waals surface area contributed by atoms with E-state index in [1.807, 2.05) is 0 Å². The lowest BCUT2D eigenvalue weighted by molar-refractivity contribution is -0.120. The number of hydrogen-bond donors (Lipinski definition) is 2. The van der Waals surface area contributed by atoms with Gasteiger partial charge in [0.05, 0.1) is 10.9 Å². The normalized spacial score (nSPS) is 22.1. The summed E-state index contributed by atoms with van der Waals surface area (Å²) in [7, 11) is -3.29. The number of benzene rings is 1. The number of sulfonamides is 1. The van der Waals surface area contributed by atoms with E-state index >= 15 is 0 Å². The van der Waals surface area contributed by atoms with Crippen molar-refractivity contribution in [2.24, 2.45) is 5.92 Å². The van der Waals surface area contributed by atoms with Crippen molar-refractivity contribution in [3.63, 3.8) is 0 Å². The Morgan fingerprint density at radius 1 is 1.17 bits per heavy atom. The Morgan fingerprint density at radius 3 is 2.35 bits per heavy atom. The summed E-state index contributed by atoms with van der Waals surface area (Å²) in [6.45, 7) is 3.27. The predicted octanol–water partition coefficient (Wildman–Crippen LogP) is 2.65. The maximum absolute atomic E-state index is 13.5. The Labute approximate surface area is 136 Å². The summed E-state index contributed by atoms with van der Waals surface area (Å²) in [5.74, 6) is -0.881. The Kier molecular flexibility index (Phi) is 5.75. The van der Waals surface area contributed by atoms with Crippen molar-refractivity contribution >= 4 is 21.6 Å². The molecule has 0 aliphatic heterocycles. The molecule has 128 valence electrons. The third-order valence-electron chi connectivity index (χ3n) is 4.18. The molecule has 1 aliphatic carbocycles. The van der Waals surface area contributed by atoms with Gasteiger partial charge in [0.1, 0.15) is 5.82 Å². The molecule has 2 rings (SSSR count). The van der Waals surface area contributed by atoms with E-state index in [2.05, 4.69) is 10.0 Å². The van der Waals surface area contributed by atoms with Gasteiger partial charge in [-0.25, -0.2) is 17.5 Å². The highest BCUT2D eigenvalue weighted by molar-refractivity contribution is 7.90. The summed E-state index contributed by atoms with van der Waals surface area (Å²) >= 11 is 0. The van der Waals surface area contributed by atoms with E-state index < -0.39 is 21.1 Å². The van der Waals surface area contributed by atoms with Crippen LogP contribution in [0.2, 0.25) is 0 Å². The van der Waals surface area contributed by atoms with Crippen LogP contribution in [-0.4, -0.2) is 25.6 Å². The number of carbonyl (C=O) groups excluding carboxylic acids is 1. The standard InChI is InChI=1S/C16H23FN2O3S/c1-11(2)23(21,22)19-13-9-7-12(8-10-13)16(20)18-15-6-4-3-5-14(15)17/h3-6,11-13,19H,7-10H2,1-2H3,(H,18,20)/t12-,13-. The third-order valence-corrected chi connectivity index (χ3v) is 6.08. The first-order chi connectivity index (χ1) is 10.8. The first-order valence-corrected chi connectivity index (χ1v) is 9.40. The molecule has 1 aromatic rings. The van der Waals surface area contributed by atoms with E-state index in [1.54, 1.807) is 26.0 Å². The average Bonchev–Trinajstić information content (AvgIpc) is 2.49. The van der Waals surface area contributed by atoms with Crippen LogP contribution in [0, 0.1) is 11.7 Å². The number of rotatable bonds is 5. The molecule has 1 aliphatic rings. The number of carbonyl (C=O) groups is 1. The first-order valence-electron chi connectivity index (χ1n) is 7.86. The second-order valence-electron chi connectivity index (χ2n) is 6.23. The number of hydrogen-bond acceptors (Lipinski definition) is 3. The fraction of sp³-hybridized carbons (Fsp3) is 0.562. The molecule has 23 heavy (non-hydrogen) atoms. The van der Waals surface area contributed by atoms with E-state index in [1.165, 1.54) is 12.1 Å². The molecule has 5 nitrogen and oxygen atoms in total. The number of amides is 1. The van der Waals surface area contributed by atoms with Gasteiger partial charge < -0.3 is 5.32 Å². The molecule has 0 saturated heterocycles. The molecule has 1 fully saturated rings. The van der Waals surface area contributed by atoms with Crippen LogP contribution in [0.4, 0.5) is 10.1 Å². The van der Waals surface area contributed by atoms with Gasteiger partial charge in [-0.05, 0) is 51.7 Å². The van der Waals surface area contributed by atoms with Crippen molar-refractivity contribution in [1.82, 2.24) is 4.72 Å². The molecule has 2 N–H and O–H groups in total. The molecule has 0 bridgehead atoms. The second kappa shape index (κ2) is 7.40. The second-order valence-corrected chi connectivity index (χ2v) is 8.50. The molecule has 1 amide bonds. The highest BCUT2D eigenvalue weighted by Gasteiger charge is 2.29. The van der Waals surface area contributed by atoms with Crippen molar-refractivity contribution in [2.45, 2.75) is 50.8 Å². The molecular weight excluding hydrogens is 319 g/mol. The minimum atomic E-state index is -3.29.